The number of carboxylic acids is 2. The first-order valence-corrected chi connectivity index (χ1v) is 33.7. The highest BCUT2D eigenvalue weighted by Gasteiger charge is 2.42. The molecule has 36 nitrogen and oxygen atoms in total. The number of aliphatic carboxylic acids is 2. The number of aromatic hydroxyl groups is 1. The van der Waals surface area contributed by atoms with E-state index in [-0.39, 0.29) is 68.9 Å². The van der Waals surface area contributed by atoms with Crippen molar-refractivity contribution in [3.63, 3.8) is 0 Å². The zero-order chi connectivity index (χ0) is 77.1. The number of carboxylic acid groups (broad SMARTS) is 2. The van der Waals surface area contributed by atoms with Crippen LogP contribution in [0.25, 0.3) is 10.9 Å². The first-order chi connectivity index (χ1) is 49.2. The molecule has 0 bridgehead atoms. The maximum Gasteiger partial charge on any atom is 0.326 e. The van der Waals surface area contributed by atoms with Crippen molar-refractivity contribution in [1.29, 1.82) is 0 Å². The summed E-state index contributed by atoms with van der Waals surface area (Å²) in [6.07, 6.45) is -1.96. The third kappa shape index (κ3) is 25.7. The first kappa shape index (κ1) is 83.4. The van der Waals surface area contributed by atoms with E-state index in [2.05, 4.69) is 63.1 Å². The number of carbonyl (C=O) groups excluding carboxylic acids is 12. The van der Waals surface area contributed by atoms with Crippen LogP contribution in [0.3, 0.4) is 0 Å². The third-order valence-corrected chi connectivity index (χ3v) is 17.2. The number of guanidine groups is 1. The Morgan fingerprint density at radius 1 is 0.606 bits per heavy atom. The SMILES string of the molecule is CC[C@H](C)[C@H](NC(=O)CNC(=O)[C@H](CO)NC(=O)[C@H](CCCN=C(N)N)NC(=O)[C@@H](N)Cc1c[nH]c2ccccc12)C(=O)N[C@H](C(=O)N[C@@H](CC(=O)O)C(=O)N[C@@H](Cc1ccc(O)cc1)C(=O)N[C@@H](CC(N)=O)C(=O)N[C@H](C(=O)N1CCC[C@H]1C(=O)N[C@@H](Cc1ccccc1)C(=O)O)C(C)C)[C@@H](C)O. The number of benzene rings is 3. The second-order valence-electron chi connectivity index (χ2n) is 25.6. The van der Waals surface area contributed by atoms with Crippen LogP contribution in [-0.4, -0.2) is 223 Å². The fourth-order valence-corrected chi connectivity index (χ4v) is 11.3. The summed E-state index contributed by atoms with van der Waals surface area (Å²) in [5.41, 5.74) is 25.1. The highest BCUT2D eigenvalue weighted by Crippen LogP contribution is 2.23. The van der Waals surface area contributed by atoms with Crippen LogP contribution in [0.2, 0.25) is 0 Å². The van der Waals surface area contributed by atoms with Gasteiger partial charge in [-0.3, -0.25) is 67.3 Å². The lowest BCUT2D eigenvalue weighted by molar-refractivity contribution is -0.145. The van der Waals surface area contributed by atoms with Gasteiger partial charge in [-0.2, -0.15) is 0 Å². The summed E-state index contributed by atoms with van der Waals surface area (Å²) in [5.74, 6) is -17.6. The summed E-state index contributed by atoms with van der Waals surface area (Å²) in [7, 11) is 0. The lowest BCUT2D eigenvalue weighted by Gasteiger charge is -2.32. The number of primary amides is 1. The highest BCUT2D eigenvalue weighted by molar-refractivity contribution is 6.01. The number of aromatic amines is 1. The molecule has 0 unspecified atom stereocenters. The number of aliphatic imine (C=N–C) groups is 1. The molecule has 0 radical (unpaired) electrons. The largest absolute Gasteiger partial charge is 0.508 e. The van der Waals surface area contributed by atoms with E-state index in [1.54, 1.807) is 57.3 Å². The van der Waals surface area contributed by atoms with Crippen molar-refractivity contribution in [3.8, 4) is 5.75 Å². The molecule has 24 N–H and O–H groups in total. The van der Waals surface area contributed by atoms with Crippen LogP contribution in [0.15, 0.2) is 90.1 Å². The van der Waals surface area contributed by atoms with Crippen molar-refractivity contribution in [2.45, 2.75) is 171 Å². The Morgan fingerprint density at radius 2 is 1.16 bits per heavy atom. The average molecular weight is 1450 g/mol. The van der Waals surface area contributed by atoms with Gasteiger partial charge in [-0.15, -0.1) is 0 Å². The number of carbonyl (C=O) groups is 14. The predicted molar refractivity (Wildman–Crippen MR) is 374 cm³/mol. The molecule has 0 aliphatic carbocycles. The number of para-hydroxylation sites is 1. The summed E-state index contributed by atoms with van der Waals surface area (Å²) in [4.78, 5) is 199. The first-order valence-electron chi connectivity index (χ1n) is 33.7. The molecule has 13 atom stereocenters. The number of H-pyrrole nitrogens is 1. The van der Waals surface area contributed by atoms with E-state index in [1.807, 2.05) is 24.3 Å². The van der Waals surface area contributed by atoms with Crippen LogP contribution < -0.4 is 76.1 Å². The van der Waals surface area contributed by atoms with Crippen molar-refractivity contribution >= 4 is 99.7 Å². The van der Waals surface area contributed by atoms with Crippen LogP contribution in [0.4, 0.5) is 0 Å². The fourth-order valence-electron chi connectivity index (χ4n) is 11.3. The molecule has 0 spiro atoms. The Balaban J connectivity index is 1.26. The number of nitrogens with one attached hydrogen (secondary N) is 11. The number of fused-ring (bicyclic) bond motifs is 1. The fraction of sp³-hybridized carbons (Fsp3) is 0.485. The number of aliphatic hydroxyl groups is 2. The Morgan fingerprint density at radius 3 is 1.78 bits per heavy atom. The maximum atomic E-state index is 14.5. The summed E-state index contributed by atoms with van der Waals surface area (Å²) < 4.78 is 0. The number of rotatable bonds is 41. The molecule has 5 rings (SSSR count). The Hall–Kier alpha value is -11.3. The van der Waals surface area contributed by atoms with Gasteiger partial charge in [0.25, 0.3) is 0 Å². The van der Waals surface area contributed by atoms with E-state index in [0.29, 0.717) is 12.0 Å². The van der Waals surface area contributed by atoms with E-state index in [9.17, 15) is 92.7 Å². The zero-order valence-corrected chi connectivity index (χ0v) is 58.2. The number of nitrogens with zero attached hydrogens (tertiary/aromatic N) is 2. The molecule has 104 heavy (non-hydrogen) atoms. The van der Waals surface area contributed by atoms with Crippen LogP contribution >= 0.6 is 0 Å². The molecule has 12 amide bonds. The zero-order valence-electron chi connectivity index (χ0n) is 58.2. The normalized spacial score (nSPS) is 16.1. The van der Waals surface area contributed by atoms with Gasteiger partial charge in [0.05, 0.1) is 38.1 Å². The van der Waals surface area contributed by atoms with Gasteiger partial charge in [-0.1, -0.05) is 94.8 Å². The monoisotopic (exact) mass is 1450 g/mol. The average Bonchev–Trinajstić information content (AvgIpc) is 1.60. The van der Waals surface area contributed by atoms with Gasteiger partial charge in [0.2, 0.25) is 70.9 Å². The van der Waals surface area contributed by atoms with Gasteiger partial charge in [0, 0.05) is 43.0 Å². The Bertz CT molecular complexity index is 3720. The molecule has 0 saturated carbocycles. The number of likely N-dealkylation sites (tertiary alicyclic amines) is 1. The molecule has 1 fully saturated rings. The van der Waals surface area contributed by atoms with Crippen LogP contribution in [-0.2, 0) is 86.4 Å². The lowest BCUT2D eigenvalue weighted by Crippen LogP contribution is -2.62. The molecule has 1 saturated heterocycles. The summed E-state index contributed by atoms with van der Waals surface area (Å²) in [5, 5.41) is 75.8. The minimum atomic E-state index is -2.12. The molecule has 36 heteroatoms. The van der Waals surface area contributed by atoms with Crippen molar-refractivity contribution in [2.75, 3.05) is 26.2 Å². The smallest absolute Gasteiger partial charge is 0.326 e. The predicted octanol–water partition coefficient (Wildman–Crippen LogP) is -4.74. The third-order valence-electron chi connectivity index (χ3n) is 17.2. The number of hydrogen-bond donors (Lipinski definition) is 20. The van der Waals surface area contributed by atoms with Crippen molar-refractivity contribution in [3.05, 3.63) is 102 Å². The highest BCUT2D eigenvalue weighted by atomic mass is 16.4. The number of amides is 12. The number of aromatic nitrogens is 1. The minimum absolute atomic E-state index is 0.0280. The van der Waals surface area contributed by atoms with Gasteiger partial charge in [-0.05, 0) is 85.8 Å². The van der Waals surface area contributed by atoms with Crippen molar-refractivity contribution in [1.82, 2.24) is 63.1 Å². The van der Waals surface area contributed by atoms with Crippen LogP contribution in [0, 0.1) is 11.8 Å². The Kier molecular flexibility index (Phi) is 32.4. The molecule has 4 aromatic rings. The maximum absolute atomic E-state index is 14.5. The topological polar surface area (TPSA) is 596 Å². The number of hydrogen-bond acceptors (Lipinski definition) is 19. The van der Waals surface area contributed by atoms with E-state index < -0.39 is 200 Å². The van der Waals surface area contributed by atoms with E-state index >= 15 is 0 Å². The molecular formula is C68H95N17O19. The van der Waals surface area contributed by atoms with Gasteiger partial charge in [0.1, 0.15) is 66.2 Å². The van der Waals surface area contributed by atoms with Crippen molar-refractivity contribution < 1.29 is 92.7 Å². The molecule has 566 valence electrons. The van der Waals surface area contributed by atoms with Gasteiger partial charge in [0.15, 0.2) is 5.96 Å². The molecule has 2 heterocycles. The lowest BCUT2D eigenvalue weighted by atomic mass is 9.97. The van der Waals surface area contributed by atoms with Crippen LogP contribution in [0.5, 0.6) is 5.75 Å². The quantitative estimate of drug-likeness (QED) is 0.0113. The molecule has 1 aromatic heterocycles. The summed E-state index contributed by atoms with van der Waals surface area (Å²) in [6.45, 7) is 5.51. The van der Waals surface area contributed by atoms with E-state index in [4.69, 9.17) is 22.9 Å². The number of nitrogens with two attached hydrogens (primary N) is 4. The number of phenolic OH excluding ortho intramolecular Hbond substituents is 1. The molecule has 1 aliphatic heterocycles. The number of phenols is 1. The Labute approximate surface area is 598 Å². The van der Waals surface area contributed by atoms with Gasteiger partial charge < -0.3 is 112 Å². The van der Waals surface area contributed by atoms with Crippen molar-refractivity contribution in [2.24, 2.45) is 39.8 Å². The van der Waals surface area contributed by atoms with E-state index in [0.717, 1.165) is 23.4 Å². The molecule has 3 aromatic carbocycles. The van der Waals surface area contributed by atoms with Crippen LogP contribution in [0.1, 0.15) is 96.3 Å². The van der Waals surface area contributed by atoms with Gasteiger partial charge in [-0.25, -0.2) is 4.79 Å². The standard InChI is InChI=1S/C68H95N17O19/c1-6-35(4)55(82-52(90)32-75-58(94)49(33-86)81-59(95)44(18-12-24-73-68(71)72)76-57(93)42(69)28-39-31-74-43-17-11-10-16-41(39)43)64(100)84-56(36(5)87)65(101)79-47(30-53(91)92)61(97)77-45(26-38-20-22-40(88)23-21-38)60(96)78-46(29-51(70)89)62(98)83-54(34(2)3)66(102)85-25-13-19-50(85)63(99)80-48(67(103)104)27-37-14-8-7-9-15-37/h7-11,14-17,20-23,31,34-36,42,44-50,54-56,74,86-88H,6,12-13,18-19,24-30,32-33,69H2,1-5H3,(H2,70,89)(H,75,94)(H,76,93)(H,77,97)(H,78,96)(H,79,101)(H,80,99)(H,81,95)(H,82,90)(H,83,98)(H,84,100)(H,91,92)(H,103,104)(H4,71,72,73)/t35-,36+,42-,44-,45-,46-,47-,48-,49-,50-,54-,55-,56-/m0/s1. The molecular weight excluding hydrogens is 1360 g/mol. The molecule has 1 aliphatic rings. The summed E-state index contributed by atoms with van der Waals surface area (Å²) in [6, 6.07) is 3.44. The summed E-state index contributed by atoms with van der Waals surface area (Å²) >= 11 is 0. The van der Waals surface area contributed by atoms with Gasteiger partial charge >= 0.3 is 11.9 Å². The van der Waals surface area contributed by atoms with E-state index in [1.165, 1.54) is 36.1 Å². The second-order valence-corrected chi connectivity index (χ2v) is 25.6. The number of aliphatic hydroxyl groups excluding tert-OH is 2. The minimum Gasteiger partial charge on any atom is -0.508 e. The second kappa shape index (κ2) is 40.4.